The first-order chi connectivity index (χ1) is 7.13. The number of carbonyl (C=O) groups is 2. The summed E-state index contributed by atoms with van der Waals surface area (Å²) in [6, 6.07) is -0.579. The standard InChI is InChI=1S/C6H13N5O4/c7-11-10-4(3-6(13)15-9)1-2-5(12)14-8/h4H,1-3,8-9H2,(H2,7,10)/t4-/m0/s1. The van der Waals surface area contributed by atoms with E-state index in [2.05, 4.69) is 31.8 Å². The van der Waals surface area contributed by atoms with Gasteiger partial charge >= 0.3 is 11.9 Å². The Morgan fingerprint density at radius 1 is 1.20 bits per heavy atom. The molecular weight excluding hydrogens is 206 g/mol. The van der Waals surface area contributed by atoms with Crippen LogP contribution in [0.15, 0.2) is 10.3 Å². The van der Waals surface area contributed by atoms with Gasteiger partial charge in [-0.2, -0.15) is 16.9 Å². The molecule has 6 N–H and O–H groups in total. The summed E-state index contributed by atoms with van der Waals surface area (Å²) in [6.07, 6.45) is 0.0962. The summed E-state index contributed by atoms with van der Waals surface area (Å²) < 4.78 is 0. The molecule has 9 heteroatoms. The van der Waals surface area contributed by atoms with Gasteiger partial charge in [0.15, 0.2) is 0 Å². The van der Waals surface area contributed by atoms with Crippen molar-refractivity contribution in [3.05, 3.63) is 0 Å². The van der Waals surface area contributed by atoms with E-state index in [-0.39, 0.29) is 19.3 Å². The van der Waals surface area contributed by atoms with Crippen LogP contribution < -0.4 is 17.6 Å². The Balaban J connectivity index is 4.04. The topological polar surface area (TPSA) is 155 Å². The van der Waals surface area contributed by atoms with Gasteiger partial charge < -0.3 is 15.5 Å². The van der Waals surface area contributed by atoms with E-state index in [9.17, 15) is 9.59 Å². The SMILES string of the molecule is NN=N[C@@H](CCC(=O)ON)CC(=O)ON. The van der Waals surface area contributed by atoms with Crippen LogP contribution in [-0.4, -0.2) is 18.0 Å². The van der Waals surface area contributed by atoms with Gasteiger partial charge in [0.25, 0.3) is 0 Å². The molecule has 0 saturated carbocycles. The molecule has 0 aromatic rings. The molecule has 0 amide bonds. The van der Waals surface area contributed by atoms with E-state index in [4.69, 9.17) is 5.84 Å². The molecule has 15 heavy (non-hydrogen) atoms. The number of rotatable bonds is 6. The fourth-order valence-corrected chi connectivity index (χ4v) is 0.879. The van der Waals surface area contributed by atoms with E-state index in [0.717, 1.165) is 0 Å². The molecule has 0 aliphatic carbocycles. The molecule has 0 aromatic carbocycles. The summed E-state index contributed by atoms with van der Waals surface area (Å²) in [6.45, 7) is 0. The molecule has 0 radical (unpaired) electrons. The smallest absolute Gasteiger partial charge is 0.326 e. The third-order valence-corrected chi connectivity index (χ3v) is 1.58. The molecule has 86 valence electrons. The highest BCUT2D eigenvalue weighted by Crippen LogP contribution is 2.08. The molecule has 0 spiro atoms. The average Bonchev–Trinajstić information content (AvgIpc) is 2.25. The Labute approximate surface area is 85.5 Å². The van der Waals surface area contributed by atoms with E-state index in [1.54, 1.807) is 0 Å². The van der Waals surface area contributed by atoms with Crippen LogP contribution >= 0.6 is 0 Å². The zero-order valence-corrected chi connectivity index (χ0v) is 7.96. The predicted molar refractivity (Wildman–Crippen MR) is 47.2 cm³/mol. The van der Waals surface area contributed by atoms with Crippen LogP contribution in [0.25, 0.3) is 0 Å². The molecule has 0 unspecified atom stereocenters. The van der Waals surface area contributed by atoms with E-state index < -0.39 is 18.0 Å². The van der Waals surface area contributed by atoms with Gasteiger partial charge in [-0.3, -0.25) is 9.59 Å². The quantitative estimate of drug-likeness (QED) is 0.284. The van der Waals surface area contributed by atoms with Crippen LogP contribution in [0.5, 0.6) is 0 Å². The minimum Gasteiger partial charge on any atom is -0.373 e. The fraction of sp³-hybridized carbons (Fsp3) is 0.667. The lowest BCUT2D eigenvalue weighted by molar-refractivity contribution is -0.146. The zero-order chi connectivity index (χ0) is 11.7. The highest BCUT2D eigenvalue weighted by atomic mass is 16.7. The third-order valence-electron chi connectivity index (χ3n) is 1.58. The van der Waals surface area contributed by atoms with E-state index in [1.807, 2.05) is 0 Å². The van der Waals surface area contributed by atoms with Crippen LogP contribution in [0.4, 0.5) is 0 Å². The van der Waals surface area contributed by atoms with Gasteiger partial charge in [-0.1, -0.05) is 5.22 Å². The molecule has 0 aliphatic heterocycles. The summed E-state index contributed by atoms with van der Waals surface area (Å²) in [5.74, 6) is 12.8. The lowest BCUT2D eigenvalue weighted by Gasteiger charge is -2.07. The second-order valence-corrected chi connectivity index (χ2v) is 2.61. The Morgan fingerprint density at radius 2 is 1.80 bits per heavy atom. The maximum atomic E-state index is 10.8. The Bertz CT molecular complexity index is 244. The number of hydrogen-bond acceptors (Lipinski definition) is 8. The van der Waals surface area contributed by atoms with Crippen molar-refractivity contribution in [3.8, 4) is 0 Å². The first-order valence-electron chi connectivity index (χ1n) is 4.03. The first-order valence-corrected chi connectivity index (χ1v) is 4.03. The van der Waals surface area contributed by atoms with E-state index >= 15 is 0 Å². The fourth-order valence-electron chi connectivity index (χ4n) is 0.879. The molecule has 0 aromatic heterocycles. The van der Waals surface area contributed by atoms with Crippen LogP contribution in [0.1, 0.15) is 19.3 Å². The summed E-state index contributed by atoms with van der Waals surface area (Å²) in [4.78, 5) is 29.3. The van der Waals surface area contributed by atoms with Crippen molar-refractivity contribution in [2.75, 3.05) is 0 Å². The van der Waals surface area contributed by atoms with Crippen LogP contribution in [-0.2, 0) is 19.3 Å². The molecule has 1 atom stereocenters. The molecule has 0 saturated heterocycles. The minimum absolute atomic E-state index is 0.00195. The number of hydrogen-bond donors (Lipinski definition) is 3. The average molecular weight is 219 g/mol. The number of nitrogens with zero attached hydrogens (tertiary/aromatic N) is 2. The predicted octanol–water partition coefficient (Wildman–Crippen LogP) is -1.31. The van der Waals surface area contributed by atoms with Gasteiger partial charge in [-0.05, 0) is 6.42 Å². The zero-order valence-electron chi connectivity index (χ0n) is 7.96. The highest BCUT2D eigenvalue weighted by Gasteiger charge is 2.16. The number of carbonyl (C=O) groups excluding carboxylic acids is 2. The maximum absolute atomic E-state index is 10.8. The lowest BCUT2D eigenvalue weighted by Crippen LogP contribution is -2.19. The molecule has 0 rings (SSSR count). The van der Waals surface area contributed by atoms with Gasteiger partial charge in [-0.15, -0.1) is 0 Å². The molecule has 0 fully saturated rings. The monoisotopic (exact) mass is 219 g/mol. The summed E-state index contributed by atoms with van der Waals surface area (Å²) >= 11 is 0. The van der Waals surface area contributed by atoms with Crippen molar-refractivity contribution in [2.45, 2.75) is 25.3 Å². The normalized spacial score (nSPS) is 12.4. The van der Waals surface area contributed by atoms with E-state index in [0.29, 0.717) is 0 Å². The highest BCUT2D eigenvalue weighted by molar-refractivity contribution is 5.71. The summed E-state index contributed by atoms with van der Waals surface area (Å²) in [5.41, 5.74) is 0. The van der Waals surface area contributed by atoms with Gasteiger partial charge in [0.2, 0.25) is 0 Å². The van der Waals surface area contributed by atoms with Crippen molar-refractivity contribution in [2.24, 2.45) is 28.0 Å². The summed E-state index contributed by atoms with van der Waals surface area (Å²) in [7, 11) is 0. The summed E-state index contributed by atoms with van der Waals surface area (Å²) in [5, 5.41) is 6.54. The van der Waals surface area contributed by atoms with Crippen molar-refractivity contribution >= 4 is 11.9 Å². The van der Waals surface area contributed by atoms with Crippen molar-refractivity contribution in [1.29, 1.82) is 0 Å². The van der Waals surface area contributed by atoms with Gasteiger partial charge in [0.05, 0.1) is 12.5 Å². The molecular formula is C6H13N5O4. The minimum atomic E-state index is -0.673. The molecule has 0 bridgehead atoms. The van der Waals surface area contributed by atoms with Crippen molar-refractivity contribution in [3.63, 3.8) is 0 Å². The van der Waals surface area contributed by atoms with Crippen LogP contribution in [0.3, 0.4) is 0 Å². The van der Waals surface area contributed by atoms with E-state index in [1.165, 1.54) is 0 Å². The Kier molecular flexibility index (Phi) is 6.76. The number of nitrogens with two attached hydrogens (primary N) is 3. The van der Waals surface area contributed by atoms with Gasteiger partial charge in [0, 0.05) is 6.42 Å². The molecule has 9 nitrogen and oxygen atoms in total. The van der Waals surface area contributed by atoms with Crippen molar-refractivity contribution < 1.29 is 19.3 Å². The van der Waals surface area contributed by atoms with Crippen molar-refractivity contribution in [1.82, 2.24) is 0 Å². The molecule has 0 aliphatic rings. The van der Waals surface area contributed by atoms with Gasteiger partial charge in [-0.25, -0.2) is 0 Å². The Morgan fingerprint density at radius 3 is 2.27 bits per heavy atom. The largest absolute Gasteiger partial charge is 0.373 e. The van der Waals surface area contributed by atoms with Gasteiger partial charge in [0.1, 0.15) is 0 Å². The van der Waals surface area contributed by atoms with Crippen LogP contribution in [0.2, 0.25) is 0 Å². The first kappa shape index (κ1) is 13.3. The maximum Gasteiger partial charge on any atom is 0.326 e. The molecule has 0 heterocycles. The second-order valence-electron chi connectivity index (χ2n) is 2.61. The third kappa shape index (κ3) is 6.35. The van der Waals surface area contributed by atoms with Crippen LogP contribution in [0, 0.1) is 0 Å². The second kappa shape index (κ2) is 7.64. The lowest BCUT2D eigenvalue weighted by atomic mass is 10.1. The Hall–Kier alpha value is -1.74.